The monoisotopic (exact) mass is 448 g/mol. The predicted molar refractivity (Wildman–Crippen MR) is 118 cm³/mol. The lowest BCUT2D eigenvalue weighted by molar-refractivity contribution is 0.102. The lowest BCUT2D eigenvalue weighted by Gasteiger charge is -2.12. The van der Waals surface area contributed by atoms with Crippen LogP contribution in [0.25, 0.3) is 0 Å². The number of rotatable bonds is 5. The van der Waals surface area contributed by atoms with Crippen molar-refractivity contribution in [2.24, 2.45) is 0 Å². The molecule has 3 aromatic carbocycles. The maximum atomic E-state index is 12.8. The second-order valence-electron chi connectivity index (χ2n) is 6.53. The van der Waals surface area contributed by atoms with Crippen LogP contribution in [-0.4, -0.2) is 14.3 Å². The van der Waals surface area contributed by atoms with Gasteiger partial charge in [-0.3, -0.25) is 9.52 Å². The van der Waals surface area contributed by atoms with E-state index in [4.69, 9.17) is 23.2 Å². The smallest absolute Gasteiger partial charge is 0.263 e. The first-order valence-corrected chi connectivity index (χ1v) is 10.9. The Kier molecular flexibility index (Phi) is 6.17. The SMILES string of the molecule is Cc1ccc(NS(=O)(=O)c2cc(C(=O)Nc3cc(Cl)ccc3C)ccc2Cl)cc1. The van der Waals surface area contributed by atoms with Gasteiger partial charge in [-0.25, -0.2) is 8.42 Å². The number of amides is 1. The van der Waals surface area contributed by atoms with Crippen molar-refractivity contribution in [1.29, 1.82) is 0 Å². The molecule has 0 spiro atoms. The summed E-state index contributed by atoms with van der Waals surface area (Å²) in [6, 6.07) is 16.1. The van der Waals surface area contributed by atoms with E-state index in [1.54, 1.807) is 42.5 Å². The first-order chi connectivity index (χ1) is 13.7. The minimum absolute atomic E-state index is 0.0140. The quantitative estimate of drug-likeness (QED) is 0.528. The number of carbonyl (C=O) groups is 1. The molecule has 3 rings (SSSR count). The van der Waals surface area contributed by atoms with Crippen molar-refractivity contribution in [3.05, 3.63) is 87.4 Å². The van der Waals surface area contributed by atoms with E-state index in [-0.39, 0.29) is 15.5 Å². The average Bonchev–Trinajstić information content (AvgIpc) is 2.66. The Morgan fingerprint density at radius 2 is 1.59 bits per heavy atom. The number of hydrogen-bond acceptors (Lipinski definition) is 3. The molecule has 0 bridgehead atoms. The predicted octanol–water partition coefficient (Wildman–Crippen LogP) is 5.66. The molecule has 0 aliphatic rings. The van der Waals surface area contributed by atoms with Gasteiger partial charge in [0.25, 0.3) is 15.9 Å². The second kappa shape index (κ2) is 8.45. The highest BCUT2D eigenvalue weighted by atomic mass is 35.5. The highest BCUT2D eigenvalue weighted by Crippen LogP contribution is 2.26. The molecule has 3 aromatic rings. The van der Waals surface area contributed by atoms with Crippen molar-refractivity contribution in [1.82, 2.24) is 0 Å². The van der Waals surface area contributed by atoms with Crippen LogP contribution < -0.4 is 10.0 Å². The van der Waals surface area contributed by atoms with Crippen molar-refractivity contribution in [3.63, 3.8) is 0 Å². The van der Waals surface area contributed by atoms with Crippen LogP contribution in [0.15, 0.2) is 65.6 Å². The van der Waals surface area contributed by atoms with E-state index in [1.165, 1.54) is 18.2 Å². The molecule has 0 aliphatic carbocycles. The number of anilines is 2. The van der Waals surface area contributed by atoms with Crippen molar-refractivity contribution in [2.45, 2.75) is 18.7 Å². The summed E-state index contributed by atoms with van der Waals surface area (Å²) in [5, 5.41) is 3.23. The van der Waals surface area contributed by atoms with E-state index < -0.39 is 15.9 Å². The van der Waals surface area contributed by atoms with Gasteiger partial charge in [-0.05, 0) is 61.9 Å². The third-order valence-corrected chi connectivity index (χ3v) is 6.33. The number of nitrogens with one attached hydrogen (secondary N) is 2. The van der Waals surface area contributed by atoms with Crippen molar-refractivity contribution >= 4 is 50.5 Å². The minimum Gasteiger partial charge on any atom is -0.322 e. The van der Waals surface area contributed by atoms with Gasteiger partial charge in [0.15, 0.2) is 0 Å². The number of hydrogen-bond donors (Lipinski definition) is 2. The fourth-order valence-corrected chi connectivity index (χ4v) is 4.36. The van der Waals surface area contributed by atoms with E-state index in [0.717, 1.165) is 11.1 Å². The summed E-state index contributed by atoms with van der Waals surface area (Å²) in [6.07, 6.45) is 0. The van der Waals surface area contributed by atoms with Gasteiger partial charge in [-0.2, -0.15) is 0 Å². The second-order valence-corrected chi connectivity index (χ2v) is 9.02. The lowest BCUT2D eigenvalue weighted by Crippen LogP contribution is -2.16. The molecule has 150 valence electrons. The summed E-state index contributed by atoms with van der Waals surface area (Å²) in [7, 11) is -3.98. The third-order valence-electron chi connectivity index (χ3n) is 4.23. The van der Waals surface area contributed by atoms with Crippen LogP contribution in [0.4, 0.5) is 11.4 Å². The molecule has 0 atom stereocenters. The van der Waals surface area contributed by atoms with Crippen LogP contribution in [-0.2, 0) is 10.0 Å². The molecule has 0 aromatic heterocycles. The molecular formula is C21H18Cl2N2O3S. The van der Waals surface area contributed by atoms with Gasteiger partial charge in [-0.15, -0.1) is 0 Å². The van der Waals surface area contributed by atoms with Gasteiger partial charge >= 0.3 is 0 Å². The van der Waals surface area contributed by atoms with Gasteiger partial charge in [0, 0.05) is 22.0 Å². The third kappa shape index (κ3) is 5.09. The van der Waals surface area contributed by atoms with Crippen LogP contribution in [0, 0.1) is 13.8 Å². The first kappa shape index (κ1) is 21.2. The highest BCUT2D eigenvalue weighted by molar-refractivity contribution is 7.92. The Morgan fingerprint density at radius 1 is 0.897 bits per heavy atom. The molecule has 0 aliphatic heterocycles. The van der Waals surface area contributed by atoms with E-state index in [2.05, 4.69) is 10.0 Å². The van der Waals surface area contributed by atoms with Gasteiger partial charge in [-0.1, -0.05) is 47.0 Å². The Hall–Kier alpha value is -2.54. The summed E-state index contributed by atoms with van der Waals surface area (Å²) >= 11 is 12.1. The lowest BCUT2D eigenvalue weighted by atomic mass is 10.1. The van der Waals surface area contributed by atoms with Gasteiger partial charge in [0.05, 0.1) is 5.02 Å². The summed E-state index contributed by atoms with van der Waals surface area (Å²) < 4.78 is 28.1. The summed E-state index contributed by atoms with van der Waals surface area (Å²) in [6.45, 7) is 3.73. The Bertz CT molecular complexity index is 1180. The fraction of sp³-hybridized carbons (Fsp3) is 0.0952. The Balaban J connectivity index is 1.89. The van der Waals surface area contributed by atoms with Gasteiger partial charge < -0.3 is 5.32 Å². The maximum absolute atomic E-state index is 12.8. The van der Waals surface area contributed by atoms with Crippen molar-refractivity contribution in [2.75, 3.05) is 10.0 Å². The minimum atomic E-state index is -3.98. The molecule has 2 N–H and O–H groups in total. The van der Waals surface area contributed by atoms with Gasteiger partial charge in [0.2, 0.25) is 0 Å². The molecule has 1 amide bonds. The molecule has 5 nitrogen and oxygen atoms in total. The number of carbonyl (C=O) groups excluding carboxylic acids is 1. The van der Waals surface area contributed by atoms with E-state index in [9.17, 15) is 13.2 Å². The van der Waals surface area contributed by atoms with Gasteiger partial charge in [0.1, 0.15) is 4.90 Å². The molecule has 0 radical (unpaired) electrons. The summed E-state index contributed by atoms with van der Waals surface area (Å²) in [4.78, 5) is 12.5. The van der Waals surface area contributed by atoms with Crippen LogP contribution in [0.3, 0.4) is 0 Å². The zero-order valence-electron chi connectivity index (χ0n) is 15.7. The molecule has 0 unspecified atom stereocenters. The normalized spacial score (nSPS) is 11.2. The fourth-order valence-electron chi connectivity index (χ4n) is 2.61. The standard InChI is InChI=1S/C21H18Cl2N2O3S/c1-13-3-8-17(9-4-13)25-29(27,28)20-11-15(6-10-18(20)23)21(26)24-19-12-16(22)7-5-14(19)2/h3-12,25H,1-2H3,(H,24,26). The average molecular weight is 449 g/mol. The van der Waals surface area contributed by atoms with Crippen molar-refractivity contribution in [3.8, 4) is 0 Å². The zero-order valence-corrected chi connectivity index (χ0v) is 18.0. The molecule has 8 heteroatoms. The van der Waals surface area contributed by atoms with E-state index in [1.807, 2.05) is 13.8 Å². The summed E-state index contributed by atoms with van der Waals surface area (Å²) in [5.74, 6) is -0.473. The molecule has 0 heterocycles. The largest absolute Gasteiger partial charge is 0.322 e. The highest BCUT2D eigenvalue weighted by Gasteiger charge is 2.21. The number of sulfonamides is 1. The molecule has 0 saturated heterocycles. The molecule has 29 heavy (non-hydrogen) atoms. The Morgan fingerprint density at radius 3 is 2.28 bits per heavy atom. The number of benzene rings is 3. The van der Waals surface area contributed by atoms with Crippen LogP contribution in [0.5, 0.6) is 0 Å². The molecule has 0 fully saturated rings. The van der Waals surface area contributed by atoms with Crippen LogP contribution in [0.2, 0.25) is 10.0 Å². The topological polar surface area (TPSA) is 75.3 Å². The van der Waals surface area contributed by atoms with E-state index in [0.29, 0.717) is 16.4 Å². The van der Waals surface area contributed by atoms with E-state index >= 15 is 0 Å². The van der Waals surface area contributed by atoms with Crippen LogP contribution in [0.1, 0.15) is 21.5 Å². The maximum Gasteiger partial charge on any atom is 0.263 e. The zero-order chi connectivity index (χ0) is 21.2. The Labute approximate surface area is 179 Å². The first-order valence-electron chi connectivity index (χ1n) is 8.62. The number of aryl methyl sites for hydroxylation is 2. The number of halogens is 2. The molecule has 0 saturated carbocycles. The van der Waals surface area contributed by atoms with Crippen LogP contribution >= 0.6 is 23.2 Å². The molecular weight excluding hydrogens is 431 g/mol. The van der Waals surface area contributed by atoms with Crippen molar-refractivity contribution < 1.29 is 13.2 Å². The summed E-state index contributed by atoms with van der Waals surface area (Å²) in [5.41, 5.74) is 2.92.